The van der Waals surface area contributed by atoms with Gasteiger partial charge in [0.05, 0.1) is 0 Å². The van der Waals surface area contributed by atoms with Crippen molar-refractivity contribution in [3.63, 3.8) is 0 Å². The van der Waals surface area contributed by atoms with Crippen molar-refractivity contribution in [2.75, 3.05) is 0 Å². The summed E-state index contributed by atoms with van der Waals surface area (Å²) in [5.74, 6) is 0. The maximum Gasteiger partial charge on any atom is 0.0178 e. The van der Waals surface area contributed by atoms with Crippen LogP contribution in [-0.4, -0.2) is 0 Å². The minimum Gasteiger partial charge on any atom is -0.326 e. The Morgan fingerprint density at radius 3 is 1.74 bits per heavy atom. The standard InChI is InChI=1S/C18H23N/c1-4-18(2,3)17-11-9-16(10-12-17)15-7-5-14(13-19)6-8-15/h5-12H,4,13,19H2,1-3H3. The van der Waals surface area contributed by atoms with E-state index in [0.29, 0.717) is 6.54 Å². The van der Waals surface area contributed by atoms with E-state index in [0.717, 1.165) is 6.42 Å². The molecule has 0 aliphatic carbocycles. The fourth-order valence-electron chi connectivity index (χ4n) is 2.15. The molecule has 1 nitrogen and oxygen atoms in total. The zero-order chi connectivity index (χ0) is 13.9. The molecule has 0 spiro atoms. The van der Waals surface area contributed by atoms with E-state index in [-0.39, 0.29) is 5.41 Å². The molecule has 0 aromatic heterocycles. The first-order valence-electron chi connectivity index (χ1n) is 6.97. The van der Waals surface area contributed by atoms with Gasteiger partial charge in [0.15, 0.2) is 0 Å². The first-order valence-corrected chi connectivity index (χ1v) is 6.97. The zero-order valence-electron chi connectivity index (χ0n) is 12.1. The summed E-state index contributed by atoms with van der Waals surface area (Å²) in [6.07, 6.45) is 1.15. The van der Waals surface area contributed by atoms with Crippen LogP contribution in [0, 0.1) is 0 Å². The van der Waals surface area contributed by atoms with Crippen LogP contribution in [0.3, 0.4) is 0 Å². The van der Waals surface area contributed by atoms with Gasteiger partial charge < -0.3 is 5.73 Å². The van der Waals surface area contributed by atoms with Gasteiger partial charge in [0.2, 0.25) is 0 Å². The lowest BCUT2D eigenvalue weighted by molar-refractivity contribution is 0.506. The van der Waals surface area contributed by atoms with E-state index < -0.39 is 0 Å². The molecule has 0 heterocycles. The van der Waals surface area contributed by atoms with Gasteiger partial charge in [-0.1, -0.05) is 69.3 Å². The summed E-state index contributed by atoms with van der Waals surface area (Å²) in [4.78, 5) is 0. The largest absolute Gasteiger partial charge is 0.326 e. The predicted octanol–water partition coefficient (Wildman–Crippen LogP) is 4.50. The Hall–Kier alpha value is -1.60. The second-order valence-electron chi connectivity index (χ2n) is 5.72. The van der Waals surface area contributed by atoms with Crippen LogP contribution in [0.4, 0.5) is 0 Å². The third-order valence-corrected chi connectivity index (χ3v) is 4.07. The molecule has 0 fully saturated rings. The molecule has 0 unspecified atom stereocenters. The third-order valence-electron chi connectivity index (χ3n) is 4.07. The average molecular weight is 253 g/mol. The van der Waals surface area contributed by atoms with Crippen molar-refractivity contribution in [2.45, 2.75) is 39.2 Å². The van der Waals surface area contributed by atoms with Crippen LogP contribution in [0.15, 0.2) is 48.5 Å². The van der Waals surface area contributed by atoms with E-state index in [1.54, 1.807) is 0 Å². The molecule has 0 atom stereocenters. The molecule has 0 aliphatic rings. The summed E-state index contributed by atoms with van der Waals surface area (Å²) in [5.41, 5.74) is 11.0. The summed E-state index contributed by atoms with van der Waals surface area (Å²) in [6.45, 7) is 7.42. The minimum absolute atomic E-state index is 0.252. The van der Waals surface area contributed by atoms with Gasteiger partial charge in [0.1, 0.15) is 0 Å². The van der Waals surface area contributed by atoms with Crippen molar-refractivity contribution in [3.05, 3.63) is 59.7 Å². The van der Waals surface area contributed by atoms with Crippen molar-refractivity contribution >= 4 is 0 Å². The van der Waals surface area contributed by atoms with Crippen LogP contribution in [0.1, 0.15) is 38.3 Å². The zero-order valence-corrected chi connectivity index (χ0v) is 12.1. The number of rotatable bonds is 4. The van der Waals surface area contributed by atoms with Gasteiger partial charge in [-0.3, -0.25) is 0 Å². The molecule has 0 saturated carbocycles. The Bertz CT molecular complexity index is 521. The highest BCUT2D eigenvalue weighted by molar-refractivity contribution is 5.64. The van der Waals surface area contributed by atoms with Crippen LogP contribution in [-0.2, 0) is 12.0 Å². The van der Waals surface area contributed by atoms with E-state index in [1.807, 2.05) is 0 Å². The number of hydrogen-bond acceptors (Lipinski definition) is 1. The van der Waals surface area contributed by atoms with E-state index in [1.165, 1.54) is 22.3 Å². The lowest BCUT2D eigenvalue weighted by Gasteiger charge is -2.23. The van der Waals surface area contributed by atoms with Crippen molar-refractivity contribution in [1.29, 1.82) is 0 Å². The summed E-state index contributed by atoms with van der Waals surface area (Å²) < 4.78 is 0. The van der Waals surface area contributed by atoms with Crippen LogP contribution in [0.2, 0.25) is 0 Å². The number of nitrogens with two attached hydrogens (primary N) is 1. The fraction of sp³-hybridized carbons (Fsp3) is 0.333. The molecular formula is C18H23N. The molecule has 2 aromatic rings. The van der Waals surface area contributed by atoms with Crippen LogP contribution in [0.25, 0.3) is 11.1 Å². The average Bonchev–Trinajstić information content (AvgIpc) is 2.47. The lowest BCUT2D eigenvalue weighted by atomic mass is 9.82. The maximum atomic E-state index is 5.62. The second-order valence-corrected chi connectivity index (χ2v) is 5.72. The van der Waals surface area contributed by atoms with Gasteiger partial charge in [-0.2, -0.15) is 0 Å². The molecule has 0 bridgehead atoms. The Labute approximate surface area is 116 Å². The van der Waals surface area contributed by atoms with Crippen molar-refractivity contribution in [1.82, 2.24) is 0 Å². The number of hydrogen-bond donors (Lipinski definition) is 1. The van der Waals surface area contributed by atoms with Gasteiger partial charge >= 0.3 is 0 Å². The van der Waals surface area contributed by atoms with E-state index in [2.05, 4.69) is 69.3 Å². The summed E-state index contributed by atoms with van der Waals surface area (Å²) in [5, 5.41) is 0. The molecule has 2 aromatic carbocycles. The fourth-order valence-corrected chi connectivity index (χ4v) is 2.15. The van der Waals surface area contributed by atoms with Gasteiger partial charge in [-0.15, -0.1) is 0 Å². The predicted molar refractivity (Wildman–Crippen MR) is 83.1 cm³/mol. The summed E-state index contributed by atoms with van der Waals surface area (Å²) in [7, 11) is 0. The number of benzene rings is 2. The molecule has 100 valence electrons. The van der Waals surface area contributed by atoms with Gasteiger partial charge in [-0.25, -0.2) is 0 Å². The summed E-state index contributed by atoms with van der Waals surface area (Å²) >= 11 is 0. The van der Waals surface area contributed by atoms with Crippen molar-refractivity contribution in [2.24, 2.45) is 5.73 Å². The topological polar surface area (TPSA) is 26.0 Å². The summed E-state index contributed by atoms with van der Waals surface area (Å²) in [6, 6.07) is 17.4. The molecule has 2 rings (SSSR count). The quantitative estimate of drug-likeness (QED) is 0.853. The van der Waals surface area contributed by atoms with Crippen LogP contribution in [0.5, 0.6) is 0 Å². The van der Waals surface area contributed by atoms with Crippen molar-refractivity contribution < 1.29 is 0 Å². The first kappa shape index (κ1) is 13.8. The highest BCUT2D eigenvalue weighted by Gasteiger charge is 2.17. The maximum absolute atomic E-state index is 5.62. The molecule has 1 heteroatoms. The first-order chi connectivity index (χ1) is 9.06. The van der Waals surface area contributed by atoms with E-state index >= 15 is 0 Å². The van der Waals surface area contributed by atoms with Gasteiger partial charge in [-0.05, 0) is 34.1 Å². The molecule has 0 radical (unpaired) electrons. The second kappa shape index (κ2) is 5.58. The molecule has 19 heavy (non-hydrogen) atoms. The third kappa shape index (κ3) is 3.05. The molecule has 0 saturated heterocycles. The van der Waals surface area contributed by atoms with E-state index in [4.69, 9.17) is 5.73 Å². The minimum atomic E-state index is 0.252. The highest BCUT2D eigenvalue weighted by atomic mass is 14.5. The van der Waals surface area contributed by atoms with Crippen LogP contribution >= 0.6 is 0 Å². The Kier molecular flexibility index (Phi) is 4.06. The monoisotopic (exact) mass is 253 g/mol. The van der Waals surface area contributed by atoms with E-state index in [9.17, 15) is 0 Å². The molecular weight excluding hydrogens is 230 g/mol. The highest BCUT2D eigenvalue weighted by Crippen LogP contribution is 2.29. The molecule has 0 aliphatic heterocycles. The Balaban J connectivity index is 2.27. The Morgan fingerprint density at radius 1 is 0.842 bits per heavy atom. The van der Waals surface area contributed by atoms with Gasteiger partial charge in [0, 0.05) is 6.54 Å². The molecule has 2 N–H and O–H groups in total. The van der Waals surface area contributed by atoms with Crippen molar-refractivity contribution in [3.8, 4) is 11.1 Å². The smallest absolute Gasteiger partial charge is 0.0178 e. The Morgan fingerprint density at radius 2 is 1.32 bits per heavy atom. The SMILES string of the molecule is CCC(C)(C)c1ccc(-c2ccc(CN)cc2)cc1. The normalized spacial score (nSPS) is 11.6. The lowest BCUT2D eigenvalue weighted by Crippen LogP contribution is -2.14. The van der Waals surface area contributed by atoms with Gasteiger partial charge in [0.25, 0.3) is 0 Å². The van der Waals surface area contributed by atoms with Crippen LogP contribution < -0.4 is 5.73 Å². The molecule has 0 amide bonds.